The molecule has 0 atom stereocenters. The maximum Gasteiger partial charge on any atom is 0.251 e. The van der Waals surface area contributed by atoms with Crippen LogP contribution in [0, 0.1) is 5.82 Å². The Labute approximate surface area is 180 Å². The normalized spacial score (nSPS) is 16.6. The monoisotopic (exact) mass is 416 g/mol. The second-order valence-corrected chi connectivity index (χ2v) is 8.30. The zero-order chi connectivity index (χ0) is 21.4. The highest BCUT2D eigenvalue weighted by Crippen LogP contribution is 2.34. The summed E-state index contributed by atoms with van der Waals surface area (Å²) in [5, 5.41) is 6.15. The highest BCUT2D eigenvalue weighted by Gasteiger charge is 2.21. The van der Waals surface area contributed by atoms with Gasteiger partial charge in [0.25, 0.3) is 5.91 Å². The molecule has 2 aromatic carbocycles. The number of pyridine rings is 1. The van der Waals surface area contributed by atoms with Gasteiger partial charge in [-0.15, -0.1) is 0 Å². The van der Waals surface area contributed by atoms with Gasteiger partial charge in [0.1, 0.15) is 11.6 Å². The van der Waals surface area contributed by atoms with Gasteiger partial charge in [-0.25, -0.2) is 9.37 Å². The quantitative estimate of drug-likeness (QED) is 0.605. The number of anilines is 1. The van der Waals surface area contributed by atoms with Gasteiger partial charge in [0, 0.05) is 35.0 Å². The van der Waals surface area contributed by atoms with Crippen LogP contribution in [0.5, 0.6) is 0 Å². The number of amides is 1. The number of benzene rings is 2. The van der Waals surface area contributed by atoms with E-state index in [1.807, 2.05) is 6.07 Å². The molecule has 3 heterocycles. The van der Waals surface area contributed by atoms with Crippen LogP contribution in [0.1, 0.15) is 40.2 Å². The van der Waals surface area contributed by atoms with Crippen molar-refractivity contribution in [2.75, 3.05) is 25.4 Å². The molecule has 0 radical (unpaired) electrons. The largest absolute Gasteiger partial charge is 0.383 e. The molecule has 6 heteroatoms. The summed E-state index contributed by atoms with van der Waals surface area (Å²) in [6, 6.07) is 13.5. The molecule has 5 rings (SSSR count). The molecular formula is C25H25FN4O. The van der Waals surface area contributed by atoms with E-state index in [0.29, 0.717) is 35.6 Å². The average Bonchev–Trinajstić information content (AvgIpc) is 2.81. The summed E-state index contributed by atoms with van der Waals surface area (Å²) in [6.45, 7) is 2.67. The molecule has 1 aromatic heterocycles. The molecular weight excluding hydrogens is 391 g/mol. The zero-order valence-electron chi connectivity index (χ0n) is 17.2. The van der Waals surface area contributed by atoms with Crippen molar-refractivity contribution in [3.63, 3.8) is 0 Å². The van der Waals surface area contributed by atoms with Crippen molar-refractivity contribution in [2.24, 2.45) is 0 Å². The van der Waals surface area contributed by atoms with E-state index in [-0.39, 0.29) is 11.7 Å². The second kappa shape index (κ2) is 8.12. The lowest BCUT2D eigenvalue weighted by Crippen LogP contribution is -2.32. The van der Waals surface area contributed by atoms with Crippen LogP contribution in [0.2, 0.25) is 0 Å². The van der Waals surface area contributed by atoms with Gasteiger partial charge in [0.05, 0.1) is 0 Å². The van der Waals surface area contributed by atoms with Gasteiger partial charge < -0.3 is 16.4 Å². The van der Waals surface area contributed by atoms with Gasteiger partial charge >= 0.3 is 0 Å². The third kappa shape index (κ3) is 3.79. The smallest absolute Gasteiger partial charge is 0.251 e. The number of hydrogen-bond donors (Lipinski definition) is 3. The number of hydrogen-bond acceptors (Lipinski definition) is 4. The lowest BCUT2D eigenvalue weighted by molar-refractivity contribution is 0.0945. The van der Waals surface area contributed by atoms with Gasteiger partial charge in [-0.3, -0.25) is 4.79 Å². The minimum atomic E-state index is -0.470. The Bertz CT molecular complexity index is 1140. The summed E-state index contributed by atoms with van der Waals surface area (Å²) >= 11 is 0. The van der Waals surface area contributed by atoms with E-state index in [4.69, 9.17) is 5.73 Å². The summed E-state index contributed by atoms with van der Waals surface area (Å²) in [7, 11) is 0. The van der Waals surface area contributed by atoms with Crippen LogP contribution in [0.4, 0.5) is 10.2 Å². The van der Waals surface area contributed by atoms with Crippen LogP contribution in [-0.4, -0.2) is 30.5 Å². The first-order valence-electron chi connectivity index (χ1n) is 10.8. The van der Waals surface area contributed by atoms with Crippen molar-refractivity contribution in [1.82, 2.24) is 15.6 Å². The third-order valence-electron chi connectivity index (χ3n) is 6.38. The number of rotatable bonds is 3. The number of piperidine rings is 1. The molecule has 0 aliphatic carbocycles. The van der Waals surface area contributed by atoms with Crippen LogP contribution in [-0.2, 0) is 6.42 Å². The molecule has 0 unspecified atom stereocenters. The standard InChI is InChI=1S/C25H25FN4O/c26-23-13-20-18(7-10-29-25(20)31)11-21(23)22-12-19(14-30-24(22)27)16-3-1-15(2-4-16)17-5-8-28-9-6-17/h1-4,11-14,17,28H,5-10H2,(H2,27,30)(H,29,31). The molecule has 0 spiro atoms. The SMILES string of the molecule is Nc1ncc(-c2ccc(C3CCNCC3)cc2)cc1-c1cc2c(cc1F)C(=O)NCC2. The predicted molar refractivity (Wildman–Crippen MR) is 120 cm³/mol. The van der Waals surface area contributed by atoms with E-state index in [1.165, 1.54) is 11.6 Å². The van der Waals surface area contributed by atoms with E-state index in [2.05, 4.69) is 39.9 Å². The first-order chi connectivity index (χ1) is 15.1. The highest BCUT2D eigenvalue weighted by molar-refractivity contribution is 5.97. The number of aromatic nitrogens is 1. The van der Waals surface area contributed by atoms with Gasteiger partial charge in [-0.2, -0.15) is 0 Å². The third-order valence-corrected chi connectivity index (χ3v) is 6.38. The number of nitrogen functional groups attached to an aromatic ring is 1. The summed E-state index contributed by atoms with van der Waals surface area (Å²) in [4.78, 5) is 16.4. The van der Waals surface area contributed by atoms with Crippen molar-refractivity contribution in [3.8, 4) is 22.3 Å². The Morgan fingerprint density at radius 3 is 2.48 bits per heavy atom. The van der Waals surface area contributed by atoms with Crippen molar-refractivity contribution < 1.29 is 9.18 Å². The fraction of sp³-hybridized carbons (Fsp3) is 0.280. The van der Waals surface area contributed by atoms with Crippen LogP contribution in [0.15, 0.2) is 48.7 Å². The first-order valence-corrected chi connectivity index (χ1v) is 10.8. The van der Waals surface area contributed by atoms with Gasteiger partial charge in [0.2, 0.25) is 0 Å². The van der Waals surface area contributed by atoms with E-state index in [1.54, 1.807) is 12.3 Å². The molecule has 2 aliphatic rings. The predicted octanol–water partition coefficient (Wildman–Crippen LogP) is 3.89. The molecule has 1 fully saturated rings. The molecule has 2 aliphatic heterocycles. The minimum Gasteiger partial charge on any atom is -0.383 e. The van der Waals surface area contributed by atoms with E-state index < -0.39 is 5.82 Å². The molecule has 0 bridgehead atoms. The topological polar surface area (TPSA) is 80.0 Å². The molecule has 3 aromatic rings. The summed E-state index contributed by atoms with van der Waals surface area (Å²) < 4.78 is 14.9. The summed E-state index contributed by atoms with van der Waals surface area (Å²) in [5.41, 5.74) is 11.5. The molecule has 1 saturated heterocycles. The number of carbonyl (C=O) groups is 1. The minimum absolute atomic E-state index is 0.236. The Morgan fingerprint density at radius 2 is 1.71 bits per heavy atom. The van der Waals surface area contributed by atoms with Crippen LogP contribution >= 0.6 is 0 Å². The van der Waals surface area contributed by atoms with Crippen molar-refractivity contribution in [3.05, 3.63) is 71.2 Å². The maximum atomic E-state index is 14.9. The molecule has 0 saturated carbocycles. The van der Waals surface area contributed by atoms with E-state index in [9.17, 15) is 9.18 Å². The fourth-order valence-corrected chi connectivity index (χ4v) is 4.60. The van der Waals surface area contributed by atoms with Crippen molar-refractivity contribution >= 4 is 11.7 Å². The van der Waals surface area contributed by atoms with Crippen molar-refractivity contribution in [2.45, 2.75) is 25.2 Å². The van der Waals surface area contributed by atoms with Gasteiger partial charge in [-0.05, 0) is 73.2 Å². The molecule has 5 nitrogen and oxygen atoms in total. The van der Waals surface area contributed by atoms with Crippen molar-refractivity contribution in [1.29, 1.82) is 0 Å². The number of nitrogens with two attached hydrogens (primary N) is 1. The van der Waals surface area contributed by atoms with Gasteiger partial charge in [0.15, 0.2) is 0 Å². The Hall–Kier alpha value is -3.25. The molecule has 31 heavy (non-hydrogen) atoms. The number of nitrogens with one attached hydrogen (secondary N) is 2. The second-order valence-electron chi connectivity index (χ2n) is 8.30. The lowest BCUT2D eigenvalue weighted by atomic mass is 9.89. The zero-order valence-corrected chi connectivity index (χ0v) is 17.2. The Morgan fingerprint density at radius 1 is 0.935 bits per heavy atom. The summed E-state index contributed by atoms with van der Waals surface area (Å²) in [6.07, 6.45) is 4.70. The number of fused-ring (bicyclic) bond motifs is 1. The lowest BCUT2D eigenvalue weighted by Gasteiger charge is -2.23. The molecule has 4 N–H and O–H groups in total. The van der Waals surface area contributed by atoms with Crippen LogP contribution < -0.4 is 16.4 Å². The van der Waals surface area contributed by atoms with E-state index in [0.717, 1.165) is 42.6 Å². The Kier molecular flexibility index (Phi) is 5.16. The number of halogens is 1. The van der Waals surface area contributed by atoms with E-state index >= 15 is 0 Å². The van der Waals surface area contributed by atoms with Crippen LogP contribution in [0.25, 0.3) is 22.3 Å². The fourth-order valence-electron chi connectivity index (χ4n) is 4.60. The number of nitrogens with zero attached hydrogens (tertiary/aromatic N) is 1. The number of carbonyl (C=O) groups excluding carboxylic acids is 1. The summed E-state index contributed by atoms with van der Waals surface area (Å²) in [5.74, 6) is 0.162. The molecule has 158 valence electrons. The Balaban J connectivity index is 1.49. The van der Waals surface area contributed by atoms with Crippen LogP contribution in [0.3, 0.4) is 0 Å². The molecule has 1 amide bonds. The van der Waals surface area contributed by atoms with Gasteiger partial charge in [-0.1, -0.05) is 24.3 Å². The highest BCUT2D eigenvalue weighted by atomic mass is 19.1. The average molecular weight is 417 g/mol. The first kappa shape index (κ1) is 19.7. The maximum absolute atomic E-state index is 14.9.